The fraction of sp³-hybridized carbons (Fsp3) is 0.294. The van der Waals surface area contributed by atoms with E-state index >= 15 is 0 Å². The first-order chi connectivity index (χ1) is 10.7. The summed E-state index contributed by atoms with van der Waals surface area (Å²) in [6.45, 7) is 1.46. The van der Waals surface area contributed by atoms with Crippen molar-refractivity contribution in [1.29, 1.82) is 0 Å². The van der Waals surface area contributed by atoms with E-state index in [4.69, 9.17) is 11.6 Å². The number of anilines is 1. The highest BCUT2D eigenvalue weighted by Gasteiger charge is 2.25. The van der Waals surface area contributed by atoms with Crippen LogP contribution in [0.4, 0.5) is 5.69 Å². The van der Waals surface area contributed by atoms with Gasteiger partial charge in [0.05, 0.1) is 10.6 Å². The highest BCUT2D eigenvalue weighted by molar-refractivity contribution is 6.33. The van der Waals surface area contributed by atoms with Gasteiger partial charge in [-0.15, -0.1) is 0 Å². The molecule has 0 aliphatic carbocycles. The zero-order chi connectivity index (χ0) is 15.4. The first-order valence-electron chi connectivity index (χ1n) is 7.44. The average Bonchev–Trinajstić information content (AvgIpc) is 2.56. The summed E-state index contributed by atoms with van der Waals surface area (Å²) in [6, 6.07) is 12.0. The van der Waals surface area contributed by atoms with Crippen LogP contribution in [0, 0.1) is 0 Å². The summed E-state index contributed by atoms with van der Waals surface area (Å²) in [6.07, 6.45) is 5.16. The van der Waals surface area contributed by atoms with Gasteiger partial charge in [-0.25, -0.2) is 0 Å². The van der Waals surface area contributed by atoms with E-state index in [2.05, 4.69) is 10.3 Å². The maximum Gasteiger partial charge on any atom is 0.255 e. The first-order valence-corrected chi connectivity index (χ1v) is 7.82. The number of carbonyl (C=O) groups is 1. The van der Waals surface area contributed by atoms with E-state index in [0.717, 1.165) is 25.1 Å². The number of para-hydroxylation sites is 1. The molecule has 1 saturated heterocycles. The van der Waals surface area contributed by atoms with Crippen molar-refractivity contribution in [3.8, 4) is 0 Å². The summed E-state index contributed by atoms with van der Waals surface area (Å²) in [5, 5.41) is 3.90. The molecule has 0 saturated carbocycles. The van der Waals surface area contributed by atoms with Crippen LogP contribution in [0.25, 0.3) is 0 Å². The number of hydrogen-bond acceptors (Lipinski definition) is 3. The fourth-order valence-corrected chi connectivity index (χ4v) is 2.97. The van der Waals surface area contributed by atoms with E-state index in [-0.39, 0.29) is 11.9 Å². The van der Waals surface area contributed by atoms with E-state index in [1.807, 2.05) is 35.2 Å². The van der Waals surface area contributed by atoms with Gasteiger partial charge in [-0.3, -0.25) is 9.78 Å². The molecule has 4 nitrogen and oxygen atoms in total. The Bertz CT molecular complexity index is 647. The number of rotatable bonds is 3. The van der Waals surface area contributed by atoms with Crippen LogP contribution in [0.2, 0.25) is 5.02 Å². The number of nitrogens with one attached hydrogen (secondary N) is 1. The Morgan fingerprint density at radius 2 is 2.09 bits per heavy atom. The second kappa shape index (κ2) is 6.79. The van der Waals surface area contributed by atoms with Crippen LogP contribution in [-0.4, -0.2) is 34.9 Å². The highest BCUT2D eigenvalue weighted by Crippen LogP contribution is 2.20. The monoisotopic (exact) mass is 315 g/mol. The van der Waals surface area contributed by atoms with Crippen molar-refractivity contribution in [3.63, 3.8) is 0 Å². The summed E-state index contributed by atoms with van der Waals surface area (Å²) in [4.78, 5) is 18.4. The Kier molecular flexibility index (Phi) is 4.59. The van der Waals surface area contributed by atoms with E-state index in [1.165, 1.54) is 6.20 Å². The number of amides is 1. The number of carbonyl (C=O) groups excluding carboxylic acids is 1. The maximum absolute atomic E-state index is 12.6. The van der Waals surface area contributed by atoms with Crippen molar-refractivity contribution in [3.05, 3.63) is 59.4 Å². The number of halogens is 1. The summed E-state index contributed by atoms with van der Waals surface area (Å²) >= 11 is 6.08. The third-order valence-electron chi connectivity index (χ3n) is 3.86. The summed E-state index contributed by atoms with van der Waals surface area (Å²) < 4.78 is 0. The van der Waals surface area contributed by atoms with Crippen LogP contribution in [0.3, 0.4) is 0 Å². The fourth-order valence-electron chi connectivity index (χ4n) is 2.77. The van der Waals surface area contributed by atoms with Gasteiger partial charge in [-0.2, -0.15) is 0 Å². The lowest BCUT2D eigenvalue weighted by molar-refractivity contribution is 0.0715. The molecule has 1 atom stereocenters. The van der Waals surface area contributed by atoms with E-state index in [9.17, 15) is 4.79 Å². The predicted molar refractivity (Wildman–Crippen MR) is 88.2 cm³/mol. The Morgan fingerprint density at radius 1 is 1.27 bits per heavy atom. The Balaban J connectivity index is 1.68. The minimum atomic E-state index is -0.0213. The van der Waals surface area contributed by atoms with Gasteiger partial charge < -0.3 is 10.2 Å². The van der Waals surface area contributed by atoms with Crippen molar-refractivity contribution in [2.45, 2.75) is 18.9 Å². The zero-order valence-electron chi connectivity index (χ0n) is 12.2. The standard InChI is InChI=1S/C17H18ClN3O/c18-16-11-19-9-8-15(16)17(22)21-10-4-7-14(12-21)20-13-5-2-1-3-6-13/h1-3,5-6,8-9,11,14,20H,4,7,10,12H2/t14-/m0/s1. The normalized spacial score (nSPS) is 18.0. The quantitative estimate of drug-likeness (QED) is 0.943. The lowest BCUT2D eigenvalue weighted by Gasteiger charge is -2.34. The van der Waals surface area contributed by atoms with Gasteiger partial charge in [0.1, 0.15) is 0 Å². The van der Waals surface area contributed by atoms with E-state index in [1.54, 1.807) is 12.3 Å². The number of benzene rings is 1. The van der Waals surface area contributed by atoms with Crippen LogP contribution in [-0.2, 0) is 0 Å². The van der Waals surface area contributed by atoms with Crippen molar-refractivity contribution in [1.82, 2.24) is 9.88 Å². The molecule has 3 rings (SSSR count). The minimum absolute atomic E-state index is 0.0213. The third kappa shape index (κ3) is 3.39. The highest BCUT2D eigenvalue weighted by atomic mass is 35.5. The van der Waals surface area contributed by atoms with Crippen LogP contribution in [0.15, 0.2) is 48.8 Å². The average molecular weight is 316 g/mol. The van der Waals surface area contributed by atoms with E-state index in [0.29, 0.717) is 17.1 Å². The van der Waals surface area contributed by atoms with Gasteiger partial charge in [0, 0.05) is 37.2 Å². The van der Waals surface area contributed by atoms with Crippen LogP contribution < -0.4 is 5.32 Å². The molecule has 0 unspecified atom stereocenters. The molecular formula is C17H18ClN3O. The molecule has 1 amide bonds. The largest absolute Gasteiger partial charge is 0.381 e. The molecular weight excluding hydrogens is 298 g/mol. The van der Waals surface area contributed by atoms with E-state index < -0.39 is 0 Å². The Morgan fingerprint density at radius 3 is 2.86 bits per heavy atom. The number of aromatic nitrogens is 1. The topological polar surface area (TPSA) is 45.2 Å². The summed E-state index contributed by atoms with van der Waals surface area (Å²) in [5.41, 5.74) is 1.61. The van der Waals surface area contributed by atoms with Crippen LogP contribution in [0.1, 0.15) is 23.2 Å². The third-order valence-corrected chi connectivity index (χ3v) is 4.16. The molecule has 0 spiro atoms. The van der Waals surface area contributed by atoms with Gasteiger partial charge in [0.15, 0.2) is 0 Å². The van der Waals surface area contributed by atoms with Gasteiger partial charge in [-0.05, 0) is 31.0 Å². The minimum Gasteiger partial charge on any atom is -0.381 e. The molecule has 0 radical (unpaired) electrons. The van der Waals surface area contributed by atoms with Crippen LogP contribution >= 0.6 is 11.6 Å². The smallest absolute Gasteiger partial charge is 0.255 e. The number of hydrogen-bond donors (Lipinski definition) is 1. The van der Waals surface area contributed by atoms with Crippen LogP contribution in [0.5, 0.6) is 0 Å². The Labute approximate surface area is 135 Å². The summed E-state index contributed by atoms with van der Waals surface area (Å²) in [5.74, 6) is -0.0213. The molecule has 1 aliphatic rings. The SMILES string of the molecule is O=C(c1ccncc1Cl)N1CCC[C@H](Nc2ccccc2)C1. The van der Waals surface area contributed by atoms with Crippen molar-refractivity contribution < 1.29 is 4.79 Å². The van der Waals surface area contributed by atoms with Crippen molar-refractivity contribution in [2.24, 2.45) is 0 Å². The number of piperidine rings is 1. The summed E-state index contributed by atoms with van der Waals surface area (Å²) in [7, 11) is 0. The predicted octanol–water partition coefficient (Wildman–Crippen LogP) is 3.45. The van der Waals surface area contributed by atoms with Gasteiger partial charge >= 0.3 is 0 Å². The molecule has 2 heterocycles. The van der Waals surface area contributed by atoms with Crippen molar-refractivity contribution >= 4 is 23.2 Å². The van der Waals surface area contributed by atoms with Crippen molar-refractivity contribution in [2.75, 3.05) is 18.4 Å². The first kappa shape index (κ1) is 14.9. The Hall–Kier alpha value is -2.07. The number of nitrogens with zero attached hydrogens (tertiary/aromatic N) is 2. The molecule has 2 aromatic rings. The molecule has 0 bridgehead atoms. The number of pyridine rings is 1. The molecule has 1 fully saturated rings. The molecule has 22 heavy (non-hydrogen) atoms. The van der Waals surface area contributed by atoms with Gasteiger partial charge in [0.2, 0.25) is 0 Å². The number of likely N-dealkylation sites (tertiary alicyclic amines) is 1. The molecule has 5 heteroatoms. The zero-order valence-corrected chi connectivity index (χ0v) is 13.0. The molecule has 1 aromatic carbocycles. The molecule has 1 N–H and O–H groups in total. The second-order valence-electron chi connectivity index (χ2n) is 5.46. The molecule has 1 aliphatic heterocycles. The second-order valence-corrected chi connectivity index (χ2v) is 5.86. The lowest BCUT2D eigenvalue weighted by Crippen LogP contribution is -2.45. The van der Waals surface area contributed by atoms with Gasteiger partial charge in [0.25, 0.3) is 5.91 Å². The van der Waals surface area contributed by atoms with Gasteiger partial charge in [-0.1, -0.05) is 29.8 Å². The maximum atomic E-state index is 12.6. The lowest BCUT2D eigenvalue weighted by atomic mass is 10.0. The molecule has 114 valence electrons. The molecule has 1 aromatic heterocycles.